The molecule has 8 heteroatoms. The first-order valence-electron chi connectivity index (χ1n) is 5.84. The zero-order chi connectivity index (χ0) is 14.7. The molecule has 8 nitrogen and oxygen atoms in total. The summed E-state index contributed by atoms with van der Waals surface area (Å²) in [4.78, 5) is 33.2. The largest absolute Gasteiger partial charge is 0.461 e. The summed E-state index contributed by atoms with van der Waals surface area (Å²) in [7, 11) is 0. The van der Waals surface area contributed by atoms with Crippen molar-refractivity contribution >= 4 is 28.8 Å². The van der Waals surface area contributed by atoms with Crippen LogP contribution in [-0.4, -0.2) is 35.5 Å². The predicted molar refractivity (Wildman–Crippen MR) is 69.5 cm³/mol. The van der Waals surface area contributed by atoms with Crippen molar-refractivity contribution in [2.45, 2.75) is 6.92 Å². The van der Waals surface area contributed by atoms with Gasteiger partial charge in [-0.15, -0.1) is 0 Å². The number of rotatable bonds is 4. The topological polar surface area (TPSA) is 102 Å². The Kier molecular flexibility index (Phi) is 3.74. The minimum Gasteiger partial charge on any atom is -0.461 e. The SMILES string of the molecule is CCOC(=O)C1=NN(c2ccc([N+](=O)[O-])cc2)CC1=O. The third kappa shape index (κ3) is 2.63. The molecule has 0 aliphatic carbocycles. The van der Waals surface area contributed by atoms with Crippen LogP contribution in [0.1, 0.15) is 6.92 Å². The molecule has 2 rings (SSSR count). The number of nitrogens with zero attached hydrogens (tertiary/aromatic N) is 3. The lowest BCUT2D eigenvalue weighted by Crippen LogP contribution is -2.25. The number of esters is 1. The number of ketones is 1. The van der Waals surface area contributed by atoms with Crippen LogP contribution in [0, 0.1) is 10.1 Å². The van der Waals surface area contributed by atoms with Crippen molar-refractivity contribution in [3.05, 3.63) is 34.4 Å². The van der Waals surface area contributed by atoms with E-state index in [1.165, 1.54) is 29.3 Å². The van der Waals surface area contributed by atoms with Crippen LogP contribution in [0.5, 0.6) is 0 Å². The molecule has 0 fully saturated rings. The zero-order valence-electron chi connectivity index (χ0n) is 10.6. The van der Waals surface area contributed by atoms with Crippen molar-refractivity contribution in [2.75, 3.05) is 18.2 Å². The van der Waals surface area contributed by atoms with Gasteiger partial charge >= 0.3 is 5.97 Å². The molecule has 104 valence electrons. The fraction of sp³-hybridized carbons (Fsp3) is 0.250. The van der Waals surface area contributed by atoms with Crippen LogP contribution in [0.25, 0.3) is 0 Å². The van der Waals surface area contributed by atoms with Crippen LogP contribution in [0.15, 0.2) is 29.4 Å². The number of carbonyl (C=O) groups is 2. The van der Waals surface area contributed by atoms with Crippen LogP contribution in [0.4, 0.5) is 11.4 Å². The van der Waals surface area contributed by atoms with Gasteiger partial charge in [0.2, 0.25) is 11.5 Å². The van der Waals surface area contributed by atoms with Crippen molar-refractivity contribution < 1.29 is 19.2 Å². The van der Waals surface area contributed by atoms with Gasteiger partial charge in [-0.3, -0.25) is 19.9 Å². The Hall–Kier alpha value is -2.77. The van der Waals surface area contributed by atoms with Crippen molar-refractivity contribution in [3.8, 4) is 0 Å². The molecule has 20 heavy (non-hydrogen) atoms. The molecule has 1 aromatic rings. The summed E-state index contributed by atoms with van der Waals surface area (Å²) in [6.45, 7) is 1.70. The van der Waals surface area contributed by atoms with E-state index >= 15 is 0 Å². The number of non-ortho nitro benzene ring substituents is 1. The molecule has 0 saturated carbocycles. The number of ether oxygens (including phenoxy) is 1. The molecule has 0 saturated heterocycles. The van der Waals surface area contributed by atoms with Crippen LogP contribution < -0.4 is 5.01 Å². The number of hydrogen-bond acceptors (Lipinski definition) is 7. The Labute approximate surface area is 113 Å². The molecule has 0 unspecified atom stereocenters. The molecule has 0 atom stereocenters. The first kappa shape index (κ1) is 13.7. The molecule has 0 N–H and O–H groups in total. The molecule has 0 spiro atoms. The average Bonchev–Trinajstić information content (AvgIpc) is 2.81. The van der Waals surface area contributed by atoms with Crippen molar-refractivity contribution in [3.63, 3.8) is 0 Å². The normalized spacial score (nSPS) is 14.2. The smallest absolute Gasteiger partial charge is 0.362 e. The molecular formula is C12H11N3O5. The lowest BCUT2D eigenvalue weighted by molar-refractivity contribution is -0.384. The number of nitro groups is 1. The Morgan fingerprint density at radius 3 is 2.65 bits per heavy atom. The van der Waals surface area contributed by atoms with E-state index in [4.69, 9.17) is 4.74 Å². The van der Waals surface area contributed by atoms with Crippen molar-refractivity contribution in [1.29, 1.82) is 0 Å². The fourth-order valence-electron chi connectivity index (χ4n) is 1.67. The number of carbonyl (C=O) groups excluding carboxylic acids is 2. The summed E-state index contributed by atoms with van der Waals surface area (Å²) in [5.41, 5.74) is 0.169. The molecule has 1 heterocycles. The van der Waals surface area contributed by atoms with Gasteiger partial charge in [-0.1, -0.05) is 0 Å². The van der Waals surface area contributed by atoms with Crippen molar-refractivity contribution in [2.24, 2.45) is 5.10 Å². The highest BCUT2D eigenvalue weighted by Gasteiger charge is 2.31. The van der Waals surface area contributed by atoms with Gasteiger partial charge < -0.3 is 4.74 Å². The highest BCUT2D eigenvalue weighted by molar-refractivity contribution is 6.66. The highest BCUT2D eigenvalue weighted by Crippen LogP contribution is 2.21. The number of nitro benzene ring substituents is 1. The number of benzene rings is 1. The summed E-state index contributed by atoms with van der Waals surface area (Å²) in [5, 5.41) is 15.7. The summed E-state index contributed by atoms with van der Waals surface area (Å²) in [6, 6.07) is 5.53. The van der Waals surface area contributed by atoms with Crippen LogP contribution in [0.3, 0.4) is 0 Å². The maximum Gasteiger partial charge on any atom is 0.362 e. The van der Waals surface area contributed by atoms with Gasteiger partial charge in [0.1, 0.15) is 6.54 Å². The average molecular weight is 277 g/mol. The number of hydrazone groups is 1. The Balaban J connectivity index is 2.20. The third-order valence-electron chi connectivity index (χ3n) is 2.61. The van der Waals surface area contributed by atoms with E-state index in [9.17, 15) is 19.7 Å². The number of Topliss-reactive ketones (excluding diaryl/α,β-unsaturated/α-hetero) is 1. The highest BCUT2D eigenvalue weighted by atomic mass is 16.6. The quantitative estimate of drug-likeness (QED) is 0.460. The Morgan fingerprint density at radius 1 is 1.45 bits per heavy atom. The van der Waals surface area contributed by atoms with E-state index in [0.717, 1.165) is 0 Å². The lowest BCUT2D eigenvalue weighted by Gasteiger charge is -2.11. The number of hydrogen-bond donors (Lipinski definition) is 0. The Bertz CT molecular complexity index is 594. The van der Waals surface area contributed by atoms with Gasteiger partial charge in [0.05, 0.1) is 17.2 Å². The summed E-state index contributed by atoms with van der Waals surface area (Å²) in [5.74, 6) is -1.20. The zero-order valence-corrected chi connectivity index (χ0v) is 10.6. The molecule has 0 aromatic heterocycles. The molecule has 0 amide bonds. The Morgan fingerprint density at radius 2 is 2.10 bits per heavy atom. The molecular weight excluding hydrogens is 266 g/mol. The fourth-order valence-corrected chi connectivity index (χ4v) is 1.67. The summed E-state index contributed by atoms with van der Waals surface area (Å²) >= 11 is 0. The van der Waals surface area contributed by atoms with Gasteiger partial charge in [0, 0.05) is 12.1 Å². The second-order valence-corrected chi connectivity index (χ2v) is 3.92. The molecule has 1 aliphatic rings. The van der Waals surface area contributed by atoms with E-state index in [-0.39, 0.29) is 24.6 Å². The van der Waals surface area contributed by atoms with Crippen LogP contribution in [-0.2, 0) is 14.3 Å². The predicted octanol–water partition coefficient (Wildman–Crippen LogP) is 0.903. The van der Waals surface area contributed by atoms with Gasteiger partial charge in [0.15, 0.2) is 0 Å². The summed E-state index contributed by atoms with van der Waals surface area (Å²) < 4.78 is 4.72. The molecule has 0 bridgehead atoms. The van der Waals surface area contributed by atoms with Crippen LogP contribution in [0.2, 0.25) is 0 Å². The van der Waals surface area contributed by atoms with E-state index in [2.05, 4.69) is 5.10 Å². The lowest BCUT2D eigenvalue weighted by atomic mass is 10.2. The molecule has 1 aromatic carbocycles. The molecule has 1 aliphatic heterocycles. The molecule has 0 radical (unpaired) electrons. The minimum atomic E-state index is -0.762. The maximum absolute atomic E-state index is 11.7. The van der Waals surface area contributed by atoms with Gasteiger partial charge in [-0.2, -0.15) is 5.10 Å². The van der Waals surface area contributed by atoms with Crippen molar-refractivity contribution in [1.82, 2.24) is 0 Å². The van der Waals surface area contributed by atoms with E-state index in [1.807, 2.05) is 0 Å². The van der Waals surface area contributed by atoms with Crippen LogP contribution >= 0.6 is 0 Å². The van der Waals surface area contributed by atoms with Gasteiger partial charge in [0.25, 0.3) is 5.69 Å². The van der Waals surface area contributed by atoms with E-state index in [0.29, 0.717) is 5.69 Å². The second kappa shape index (κ2) is 5.47. The second-order valence-electron chi connectivity index (χ2n) is 3.92. The first-order chi connectivity index (χ1) is 9.52. The minimum absolute atomic E-state index is 0.0612. The van der Waals surface area contributed by atoms with Gasteiger partial charge in [-0.05, 0) is 19.1 Å². The first-order valence-corrected chi connectivity index (χ1v) is 5.84. The van der Waals surface area contributed by atoms with E-state index in [1.54, 1.807) is 6.92 Å². The third-order valence-corrected chi connectivity index (χ3v) is 2.61. The monoisotopic (exact) mass is 277 g/mol. The maximum atomic E-state index is 11.7. The summed E-state index contributed by atoms with van der Waals surface area (Å²) in [6.07, 6.45) is 0. The standard InChI is InChI=1S/C12H11N3O5/c1-2-20-12(17)11-10(16)7-14(13-11)8-3-5-9(6-4-8)15(18)19/h3-6H,2,7H2,1H3. The van der Waals surface area contributed by atoms with Gasteiger partial charge in [-0.25, -0.2) is 4.79 Å². The van der Waals surface area contributed by atoms with E-state index < -0.39 is 16.7 Å². The number of anilines is 1.